The topological polar surface area (TPSA) is 65.0 Å². The Morgan fingerprint density at radius 2 is 1.67 bits per heavy atom. The molecule has 5 heteroatoms. The van der Waals surface area contributed by atoms with E-state index in [1.807, 2.05) is 45.9 Å². The summed E-state index contributed by atoms with van der Waals surface area (Å²) in [5.41, 5.74) is 1.64. The average Bonchev–Trinajstić information content (AvgIpc) is 2.66. The Balaban J connectivity index is 2.14. The van der Waals surface area contributed by atoms with Crippen LogP contribution in [0.25, 0.3) is 0 Å². The van der Waals surface area contributed by atoms with Gasteiger partial charge < -0.3 is 9.47 Å². The van der Waals surface area contributed by atoms with Crippen molar-refractivity contribution in [2.45, 2.75) is 73.1 Å². The number of Topliss-reactive ketones (excluding diaryl/α,β-unsaturated/α-hetero) is 2. The van der Waals surface area contributed by atoms with Gasteiger partial charge in [0.2, 0.25) is 0 Å². The van der Waals surface area contributed by atoms with Gasteiger partial charge in [-0.3, -0.25) is 14.6 Å². The SMILES string of the molecule is CCCCC(=NCCc1ccc(OCC)c(OCC)c1)C1C(=O)CC(C)(C)CC1=O. The summed E-state index contributed by atoms with van der Waals surface area (Å²) < 4.78 is 11.3. The van der Waals surface area contributed by atoms with Gasteiger partial charge in [0.05, 0.1) is 13.2 Å². The van der Waals surface area contributed by atoms with Crippen molar-refractivity contribution in [3.05, 3.63) is 23.8 Å². The molecule has 30 heavy (non-hydrogen) atoms. The van der Waals surface area contributed by atoms with E-state index < -0.39 is 5.92 Å². The maximum absolute atomic E-state index is 12.7. The lowest BCUT2D eigenvalue weighted by Crippen LogP contribution is -2.42. The largest absolute Gasteiger partial charge is 0.490 e. The van der Waals surface area contributed by atoms with E-state index in [9.17, 15) is 9.59 Å². The van der Waals surface area contributed by atoms with Crippen LogP contribution in [0.2, 0.25) is 0 Å². The number of rotatable bonds is 11. The molecule has 0 N–H and O–H groups in total. The number of unbranched alkanes of at least 4 members (excludes halogenated alkanes) is 1. The number of benzene rings is 1. The van der Waals surface area contributed by atoms with Crippen LogP contribution >= 0.6 is 0 Å². The van der Waals surface area contributed by atoms with E-state index in [1.165, 1.54) is 0 Å². The van der Waals surface area contributed by atoms with Gasteiger partial charge in [0, 0.05) is 25.1 Å². The molecule has 1 fully saturated rings. The summed E-state index contributed by atoms with van der Waals surface area (Å²) >= 11 is 0. The normalized spacial score (nSPS) is 17.3. The zero-order valence-electron chi connectivity index (χ0n) is 19.3. The van der Waals surface area contributed by atoms with E-state index in [0.29, 0.717) is 39.0 Å². The molecule has 0 heterocycles. The fraction of sp³-hybridized carbons (Fsp3) is 0.640. The number of aliphatic imine (C=N–C) groups is 1. The Kier molecular flexibility index (Phi) is 9.07. The van der Waals surface area contributed by atoms with E-state index in [-0.39, 0.29) is 17.0 Å². The highest BCUT2D eigenvalue weighted by atomic mass is 16.5. The van der Waals surface area contributed by atoms with Crippen LogP contribution < -0.4 is 9.47 Å². The van der Waals surface area contributed by atoms with Crippen molar-refractivity contribution in [3.8, 4) is 11.5 Å². The monoisotopic (exact) mass is 415 g/mol. The van der Waals surface area contributed by atoms with E-state index >= 15 is 0 Å². The highest BCUT2D eigenvalue weighted by molar-refractivity contribution is 6.22. The number of hydrogen-bond acceptors (Lipinski definition) is 5. The molecular formula is C25H37NO4. The summed E-state index contributed by atoms with van der Waals surface area (Å²) in [5, 5.41) is 0. The molecule has 1 aromatic rings. The van der Waals surface area contributed by atoms with Crippen LogP contribution in [0.1, 0.15) is 72.3 Å². The van der Waals surface area contributed by atoms with Gasteiger partial charge >= 0.3 is 0 Å². The van der Waals surface area contributed by atoms with Gasteiger partial charge in [0.15, 0.2) is 11.5 Å². The van der Waals surface area contributed by atoms with Crippen molar-refractivity contribution in [2.75, 3.05) is 19.8 Å². The van der Waals surface area contributed by atoms with Crippen molar-refractivity contribution in [3.63, 3.8) is 0 Å². The number of carbonyl (C=O) groups is 2. The van der Waals surface area contributed by atoms with E-state index in [4.69, 9.17) is 14.5 Å². The molecule has 0 atom stereocenters. The summed E-state index contributed by atoms with van der Waals surface area (Å²) in [4.78, 5) is 30.2. The van der Waals surface area contributed by atoms with Gasteiger partial charge in [-0.1, -0.05) is 33.3 Å². The second-order valence-electron chi connectivity index (χ2n) is 8.76. The molecule has 2 rings (SSSR count). The van der Waals surface area contributed by atoms with Crippen LogP contribution in [-0.2, 0) is 16.0 Å². The molecule has 1 aliphatic rings. The second-order valence-corrected chi connectivity index (χ2v) is 8.76. The third-order valence-corrected chi connectivity index (χ3v) is 5.39. The maximum Gasteiger partial charge on any atom is 0.161 e. The minimum atomic E-state index is -0.635. The summed E-state index contributed by atoms with van der Waals surface area (Å²) in [6, 6.07) is 5.95. The predicted molar refractivity (Wildman–Crippen MR) is 121 cm³/mol. The van der Waals surface area contributed by atoms with Crippen LogP contribution in [0.4, 0.5) is 0 Å². The lowest BCUT2D eigenvalue weighted by molar-refractivity contribution is -0.136. The van der Waals surface area contributed by atoms with Gasteiger partial charge in [0.1, 0.15) is 17.5 Å². The molecule has 0 radical (unpaired) electrons. The molecule has 0 spiro atoms. The summed E-state index contributed by atoms with van der Waals surface area (Å²) in [6.45, 7) is 11.7. The lowest BCUT2D eigenvalue weighted by atomic mass is 9.69. The first-order valence-electron chi connectivity index (χ1n) is 11.3. The first-order chi connectivity index (χ1) is 14.3. The van der Waals surface area contributed by atoms with E-state index in [0.717, 1.165) is 42.0 Å². The fourth-order valence-electron chi connectivity index (χ4n) is 4.01. The lowest BCUT2D eigenvalue weighted by Gasteiger charge is -2.32. The third-order valence-electron chi connectivity index (χ3n) is 5.39. The molecule has 0 saturated heterocycles. The van der Waals surface area contributed by atoms with Gasteiger partial charge in [0.25, 0.3) is 0 Å². The smallest absolute Gasteiger partial charge is 0.161 e. The van der Waals surface area contributed by atoms with Crippen LogP contribution in [0.15, 0.2) is 23.2 Å². The first kappa shape index (κ1) is 24.1. The molecule has 5 nitrogen and oxygen atoms in total. The summed E-state index contributed by atoms with van der Waals surface area (Å²) in [6.07, 6.45) is 4.29. The zero-order chi connectivity index (χ0) is 22.1. The van der Waals surface area contributed by atoms with Crippen molar-refractivity contribution in [1.29, 1.82) is 0 Å². The molecule has 0 bridgehead atoms. The number of nitrogens with zero attached hydrogens (tertiary/aromatic N) is 1. The molecule has 166 valence electrons. The van der Waals surface area contributed by atoms with Crippen molar-refractivity contribution in [1.82, 2.24) is 0 Å². The Bertz CT molecular complexity index is 746. The molecule has 0 unspecified atom stereocenters. The molecule has 1 aromatic carbocycles. The second kappa shape index (κ2) is 11.3. The molecule has 0 amide bonds. The van der Waals surface area contributed by atoms with Crippen LogP contribution in [0, 0.1) is 11.3 Å². The minimum Gasteiger partial charge on any atom is -0.490 e. The van der Waals surface area contributed by atoms with Crippen LogP contribution in [0.3, 0.4) is 0 Å². The standard InChI is InChI=1S/C25H37NO4/c1-6-9-10-19(24-20(27)16-25(4,5)17-21(24)28)26-14-13-18-11-12-22(29-7-2)23(15-18)30-8-3/h11-12,15,24H,6-10,13-14,16-17H2,1-5H3. The van der Waals surface area contributed by atoms with Gasteiger partial charge in [-0.2, -0.15) is 0 Å². The van der Waals surface area contributed by atoms with Gasteiger partial charge in [-0.25, -0.2) is 0 Å². The number of carbonyl (C=O) groups excluding carboxylic acids is 2. The molecule has 0 aromatic heterocycles. The third kappa shape index (κ3) is 6.68. The number of ketones is 2. The van der Waals surface area contributed by atoms with Crippen LogP contribution in [0.5, 0.6) is 11.5 Å². The minimum absolute atomic E-state index is 0.0332. The molecular weight excluding hydrogens is 378 g/mol. The Morgan fingerprint density at radius 1 is 1.03 bits per heavy atom. The van der Waals surface area contributed by atoms with Gasteiger partial charge in [-0.15, -0.1) is 0 Å². The number of hydrogen-bond donors (Lipinski definition) is 0. The van der Waals surface area contributed by atoms with E-state index in [1.54, 1.807) is 0 Å². The van der Waals surface area contributed by atoms with Crippen molar-refractivity contribution < 1.29 is 19.1 Å². The van der Waals surface area contributed by atoms with Crippen LogP contribution in [-0.4, -0.2) is 37.0 Å². The van der Waals surface area contributed by atoms with Crippen molar-refractivity contribution in [2.24, 2.45) is 16.3 Å². The molecule has 0 aliphatic heterocycles. The fourth-order valence-corrected chi connectivity index (χ4v) is 4.01. The highest BCUT2D eigenvalue weighted by Crippen LogP contribution is 2.35. The van der Waals surface area contributed by atoms with E-state index in [2.05, 4.69) is 6.92 Å². The predicted octanol–water partition coefficient (Wildman–Crippen LogP) is 5.23. The summed E-state index contributed by atoms with van der Waals surface area (Å²) in [5.74, 6) is 0.920. The zero-order valence-corrected chi connectivity index (χ0v) is 19.3. The van der Waals surface area contributed by atoms with Crippen molar-refractivity contribution >= 4 is 17.3 Å². The number of ether oxygens (including phenoxy) is 2. The summed E-state index contributed by atoms with van der Waals surface area (Å²) in [7, 11) is 0. The van der Waals surface area contributed by atoms with Gasteiger partial charge in [-0.05, 0) is 56.2 Å². The Labute approximate surface area is 181 Å². The molecule has 1 saturated carbocycles. The molecule has 1 aliphatic carbocycles. The first-order valence-corrected chi connectivity index (χ1v) is 11.3. The quantitative estimate of drug-likeness (QED) is 0.366. The Hall–Kier alpha value is -2.17. The average molecular weight is 416 g/mol. The maximum atomic E-state index is 12.7. The highest BCUT2D eigenvalue weighted by Gasteiger charge is 2.41. The Morgan fingerprint density at radius 3 is 2.27 bits per heavy atom.